The van der Waals surface area contributed by atoms with E-state index in [1.54, 1.807) is 12.2 Å². The van der Waals surface area contributed by atoms with E-state index in [4.69, 9.17) is 0 Å². The van der Waals surface area contributed by atoms with Crippen LogP contribution in [0.15, 0.2) is 122 Å². The summed E-state index contributed by atoms with van der Waals surface area (Å²) in [5.41, 5.74) is 4.28. The van der Waals surface area contributed by atoms with E-state index in [-0.39, 0.29) is 0 Å². The molecule has 0 rings (SSSR count). The van der Waals surface area contributed by atoms with Gasteiger partial charge >= 0.3 is 0 Å². The zero-order valence-electron chi connectivity index (χ0n) is 15.2. The van der Waals surface area contributed by atoms with Crippen LogP contribution in [0.1, 0.15) is 26.7 Å². The number of hydrogen-bond donors (Lipinski definition) is 0. The Kier molecular flexibility index (Phi) is 12.5. The van der Waals surface area contributed by atoms with Gasteiger partial charge in [0, 0.05) is 0 Å². The minimum Gasteiger partial charge on any atom is -0.0991 e. The maximum atomic E-state index is 4.23. The average molecular weight is 319 g/mol. The molecule has 0 amide bonds. The molecule has 0 saturated carbocycles. The minimum atomic E-state index is 0.808. The summed E-state index contributed by atoms with van der Waals surface area (Å²) < 4.78 is 0. The summed E-state index contributed by atoms with van der Waals surface area (Å²) in [6.45, 7) is 19.8. The van der Waals surface area contributed by atoms with Crippen molar-refractivity contribution in [1.82, 2.24) is 0 Å². The van der Waals surface area contributed by atoms with Crippen molar-refractivity contribution >= 4 is 0 Å². The zero-order valence-corrected chi connectivity index (χ0v) is 15.2. The van der Waals surface area contributed by atoms with E-state index in [1.165, 1.54) is 0 Å². The first kappa shape index (κ1) is 21.4. The Labute approximate surface area is 148 Å². The molecule has 0 unspecified atom stereocenters. The van der Waals surface area contributed by atoms with Gasteiger partial charge in [0.25, 0.3) is 0 Å². The molecule has 126 valence electrons. The molecule has 0 aliphatic carbocycles. The Morgan fingerprint density at radius 2 is 1.58 bits per heavy atom. The standard InChI is InChI=1S/C24H30/c1-7-12-15-16-20-24(22(11-5)17-10-4)23(19-14-9-3)21(6)18-13-8-2/h7-14,16-18,20H,2,4-6,15,19H2,1,3H3. The van der Waals surface area contributed by atoms with Gasteiger partial charge in [-0.1, -0.05) is 99.2 Å². The van der Waals surface area contributed by atoms with Gasteiger partial charge in [-0.25, -0.2) is 0 Å². The largest absolute Gasteiger partial charge is 0.0991 e. The maximum absolute atomic E-state index is 4.23. The Morgan fingerprint density at radius 3 is 2.12 bits per heavy atom. The normalized spacial score (nSPS) is 13.8. The molecule has 0 spiro atoms. The second kappa shape index (κ2) is 14.0. The number of hydrogen-bond acceptors (Lipinski definition) is 0. The van der Waals surface area contributed by atoms with Gasteiger partial charge in [0.15, 0.2) is 0 Å². The first-order valence-electron chi connectivity index (χ1n) is 8.22. The molecular formula is C24H30. The molecule has 0 nitrogen and oxygen atoms in total. The fraction of sp³-hybridized carbons (Fsp3) is 0.167. The van der Waals surface area contributed by atoms with Crippen LogP contribution in [-0.4, -0.2) is 0 Å². The van der Waals surface area contributed by atoms with E-state index < -0.39 is 0 Å². The SMILES string of the molecule is C=CC=CC(=C)C(CC=CC)=C(C=CCC=CC)C(C=C)=CC=C. The third-order valence-electron chi connectivity index (χ3n) is 3.32. The van der Waals surface area contributed by atoms with Crippen molar-refractivity contribution in [1.29, 1.82) is 0 Å². The highest BCUT2D eigenvalue weighted by molar-refractivity contribution is 5.57. The topological polar surface area (TPSA) is 0 Å². The highest BCUT2D eigenvalue weighted by atomic mass is 14.1. The summed E-state index contributed by atoms with van der Waals surface area (Å²) in [7, 11) is 0. The van der Waals surface area contributed by atoms with Gasteiger partial charge in [0.1, 0.15) is 0 Å². The van der Waals surface area contributed by atoms with Crippen molar-refractivity contribution in [2.45, 2.75) is 26.7 Å². The molecule has 0 aromatic heterocycles. The molecule has 24 heavy (non-hydrogen) atoms. The van der Waals surface area contributed by atoms with Gasteiger partial charge < -0.3 is 0 Å². The van der Waals surface area contributed by atoms with Gasteiger partial charge in [0.2, 0.25) is 0 Å². The van der Waals surface area contributed by atoms with Crippen molar-refractivity contribution in [2.75, 3.05) is 0 Å². The van der Waals surface area contributed by atoms with Crippen LogP contribution in [0.4, 0.5) is 0 Å². The van der Waals surface area contributed by atoms with Gasteiger partial charge in [-0.2, -0.15) is 0 Å². The lowest BCUT2D eigenvalue weighted by atomic mass is 9.91. The smallest absolute Gasteiger partial charge is 0.00857 e. The second-order valence-corrected chi connectivity index (χ2v) is 5.05. The number of rotatable bonds is 11. The molecule has 0 bridgehead atoms. The lowest BCUT2D eigenvalue weighted by Crippen LogP contribution is -1.95. The molecule has 0 fully saturated rings. The molecule has 0 aromatic carbocycles. The van der Waals surface area contributed by atoms with Crippen molar-refractivity contribution in [2.24, 2.45) is 0 Å². The Bertz CT molecular complexity index is 610. The van der Waals surface area contributed by atoms with Gasteiger partial charge in [-0.3, -0.25) is 0 Å². The summed E-state index contributed by atoms with van der Waals surface area (Å²) in [6.07, 6.45) is 25.6. The molecule has 0 atom stereocenters. The lowest BCUT2D eigenvalue weighted by molar-refractivity contribution is 1.20. The minimum absolute atomic E-state index is 0.808. The Morgan fingerprint density at radius 1 is 0.875 bits per heavy atom. The molecule has 0 saturated heterocycles. The first-order valence-corrected chi connectivity index (χ1v) is 8.22. The van der Waals surface area contributed by atoms with Gasteiger partial charge in [-0.05, 0) is 49.0 Å². The van der Waals surface area contributed by atoms with Crippen molar-refractivity contribution in [3.8, 4) is 0 Å². The van der Waals surface area contributed by atoms with Crippen LogP contribution in [0, 0.1) is 0 Å². The molecule has 0 aliphatic heterocycles. The van der Waals surface area contributed by atoms with E-state index in [0.29, 0.717) is 0 Å². The zero-order chi connectivity index (χ0) is 18.2. The molecule has 0 N–H and O–H groups in total. The second-order valence-electron chi connectivity index (χ2n) is 5.05. The summed E-state index contributed by atoms with van der Waals surface area (Å²) in [6, 6.07) is 0. The molecule has 0 aliphatic rings. The molecule has 0 radical (unpaired) electrons. The maximum Gasteiger partial charge on any atom is -0.00857 e. The van der Waals surface area contributed by atoms with Crippen molar-refractivity contribution in [3.63, 3.8) is 0 Å². The summed E-state index contributed by atoms with van der Waals surface area (Å²) in [4.78, 5) is 0. The average Bonchev–Trinajstić information content (AvgIpc) is 2.60. The summed E-state index contributed by atoms with van der Waals surface area (Å²) in [5.74, 6) is 0. The highest BCUT2D eigenvalue weighted by Crippen LogP contribution is 2.27. The monoisotopic (exact) mass is 318 g/mol. The summed E-state index contributed by atoms with van der Waals surface area (Å²) >= 11 is 0. The van der Waals surface area contributed by atoms with Crippen molar-refractivity contribution < 1.29 is 0 Å². The molecule has 0 aromatic rings. The van der Waals surface area contributed by atoms with Crippen LogP contribution >= 0.6 is 0 Å². The van der Waals surface area contributed by atoms with Crippen LogP contribution < -0.4 is 0 Å². The third kappa shape index (κ3) is 8.14. The number of allylic oxidation sites excluding steroid dienone is 16. The predicted molar refractivity (Wildman–Crippen MR) is 112 cm³/mol. The van der Waals surface area contributed by atoms with Crippen LogP contribution in [0.25, 0.3) is 0 Å². The van der Waals surface area contributed by atoms with Crippen molar-refractivity contribution in [3.05, 3.63) is 122 Å². The molecule has 0 heteroatoms. The summed E-state index contributed by atoms with van der Waals surface area (Å²) in [5, 5.41) is 0. The van der Waals surface area contributed by atoms with E-state index >= 15 is 0 Å². The highest BCUT2D eigenvalue weighted by Gasteiger charge is 2.08. The first-order chi connectivity index (χ1) is 11.7. The van der Waals surface area contributed by atoms with Crippen LogP contribution in [0.5, 0.6) is 0 Å². The van der Waals surface area contributed by atoms with E-state index in [1.807, 2.05) is 44.2 Å². The lowest BCUT2D eigenvalue weighted by Gasteiger charge is -2.13. The van der Waals surface area contributed by atoms with E-state index in [9.17, 15) is 0 Å². The fourth-order valence-electron chi connectivity index (χ4n) is 2.10. The van der Waals surface area contributed by atoms with Crippen LogP contribution in [0.3, 0.4) is 0 Å². The molecular weight excluding hydrogens is 288 g/mol. The van der Waals surface area contributed by atoms with Gasteiger partial charge in [0.05, 0.1) is 0 Å². The fourth-order valence-corrected chi connectivity index (χ4v) is 2.10. The van der Waals surface area contributed by atoms with E-state index in [2.05, 4.69) is 56.7 Å². The Balaban J connectivity index is 6.21. The van der Waals surface area contributed by atoms with E-state index in [0.717, 1.165) is 35.1 Å². The third-order valence-corrected chi connectivity index (χ3v) is 3.32. The predicted octanol–water partition coefficient (Wildman–Crippen LogP) is 7.37. The van der Waals surface area contributed by atoms with Crippen LogP contribution in [-0.2, 0) is 0 Å². The molecule has 0 heterocycles. The quantitative estimate of drug-likeness (QED) is 0.275. The Hall–Kier alpha value is -2.60. The van der Waals surface area contributed by atoms with Gasteiger partial charge in [-0.15, -0.1) is 0 Å². The van der Waals surface area contributed by atoms with Crippen LogP contribution in [0.2, 0.25) is 0 Å².